The van der Waals surface area contributed by atoms with Crippen molar-refractivity contribution in [1.82, 2.24) is 10.2 Å². The molecule has 1 rings (SSSR count). The third kappa shape index (κ3) is 3.66. The smallest absolute Gasteiger partial charge is 0.239 e. The van der Waals surface area contributed by atoms with Crippen molar-refractivity contribution in [3.05, 3.63) is 0 Å². The van der Waals surface area contributed by atoms with Crippen LogP contribution in [0.5, 0.6) is 0 Å². The van der Waals surface area contributed by atoms with Crippen molar-refractivity contribution in [3.63, 3.8) is 0 Å². The molecule has 1 atom stereocenters. The molecule has 0 aromatic rings. The first-order chi connectivity index (χ1) is 8.02. The molecule has 17 heavy (non-hydrogen) atoms. The third-order valence-electron chi connectivity index (χ3n) is 3.40. The molecule has 0 aliphatic carbocycles. The highest BCUT2D eigenvalue weighted by atomic mass is 16.5. The minimum atomic E-state index is -0.427. The lowest BCUT2D eigenvalue weighted by Gasteiger charge is -2.41. The summed E-state index contributed by atoms with van der Waals surface area (Å²) in [5, 5.41) is 2.89. The van der Waals surface area contributed by atoms with Gasteiger partial charge in [0.25, 0.3) is 0 Å². The van der Waals surface area contributed by atoms with Gasteiger partial charge in [0.05, 0.1) is 11.6 Å². The maximum Gasteiger partial charge on any atom is 0.239 e. The molecule has 0 aromatic heterocycles. The van der Waals surface area contributed by atoms with E-state index in [-0.39, 0.29) is 12.0 Å². The molecular weight excluding hydrogens is 218 g/mol. The van der Waals surface area contributed by atoms with Gasteiger partial charge in [-0.2, -0.15) is 0 Å². The first-order valence-corrected chi connectivity index (χ1v) is 6.37. The van der Waals surface area contributed by atoms with E-state index in [1.807, 2.05) is 20.8 Å². The van der Waals surface area contributed by atoms with Gasteiger partial charge in [0.2, 0.25) is 5.91 Å². The number of nitrogens with one attached hydrogen (secondary N) is 1. The average molecular weight is 243 g/mol. The molecule has 0 spiro atoms. The third-order valence-corrected chi connectivity index (χ3v) is 3.40. The highest BCUT2D eigenvalue weighted by Crippen LogP contribution is 2.18. The number of nitrogens with zero attached hydrogens (tertiary/aromatic N) is 1. The molecule has 3 N–H and O–H groups in total. The number of hydrogen-bond donors (Lipinski definition) is 2. The Morgan fingerprint density at radius 1 is 1.59 bits per heavy atom. The van der Waals surface area contributed by atoms with Crippen LogP contribution < -0.4 is 11.1 Å². The van der Waals surface area contributed by atoms with Crippen LogP contribution in [0.1, 0.15) is 27.2 Å². The van der Waals surface area contributed by atoms with Crippen LogP contribution in [-0.2, 0) is 9.53 Å². The van der Waals surface area contributed by atoms with Gasteiger partial charge in [0.1, 0.15) is 0 Å². The van der Waals surface area contributed by atoms with E-state index in [1.165, 1.54) is 0 Å². The Hall–Kier alpha value is -0.650. The van der Waals surface area contributed by atoms with Crippen molar-refractivity contribution in [2.45, 2.75) is 38.8 Å². The predicted molar refractivity (Wildman–Crippen MR) is 67.7 cm³/mol. The van der Waals surface area contributed by atoms with Crippen LogP contribution in [0.3, 0.4) is 0 Å². The largest absolute Gasteiger partial charge is 0.377 e. The Bertz CT molecular complexity index is 256. The van der Waals surface area contributed by atoms with Crippen LogP contribution in [0.4, 0.5) is 0 Å². The topological polar surface area (TPSA) is 67.6 Å². The minimum Gasteiger partial charge on any atom is -0.377 e. The molecule has 5 heteroatoms. The summed E-state index contributed by atoms with van der Waals surface area (Å²) in [6.45, 7) is 9.58. The monoisotopic (exact) mass is 243 g/mol. The Morgan fingerprint density at radius 2 is 2.29 bits per heavy atom. The van der Waals surface area contributed by atoms with E-state index in [9.17, 15) is 4.79 Å². The Labute approximate surface area is 104 Å². The molecule has 1 aliphatic heterocycles. The summed E-state index contributed by atoms with van der Waals surface area (Å²) >= 11 is 0. The van der Waals surface area contributed by atoms with Crippen LogP contribution in [0.25, 0.3) is 0 Å². The summed E-state index contributed by atoms with van der Waals surface area (Å²) in [6.07, 6.45) is 0.974. The van der Waals surface area contributed by atoms with Gasteiger partial charge in [-0.25, -0.2) is 0 Å². The van der Waals surface area contributed by atoms with Crippen molar-refractivity contribution < 1.29 is 9.53 Å². The van der Waals surface area contributed by atoms with Gasteiger partial charge in [0.15, 0.2) is 0 Å². The van der Waals surface area contributed by atoms with E-state index >= 15 is 0 Å². The van der Waals surface area contributed by atoms with Crippen LogP contribution >= 0.6 is 0 Å². The van der Waals surface area contributed by atoms with Gasteiger partial charge in [-0.3, -0.25) is 9.69 Å². The normalized spacial score (nSPS) is 22.2. The first kappa shape index (κ1) is 14.4. The molecule has 1 saturated heterocycles. The van der Waals surface area contributed by atoms with Crippen molar-refractivity contribution in [2.24, 2.45) is 5.73 Å². The molecule has 100 valence electrons. The zero-order chi connectivity index (χ0) is 12.9. The van der Waals surface area contributed by atoms with E-state index in [4.69, 9.17) is 10.5 Å². The highest BCUT2D eigenvalue weighted by molar-refractivity contribution is 5.86. The molecule has 1 fully saturated rings. The summed E-state index contributed by atoms with van der Waals surface area (Å²) in [4.78, 5) is 14.0. The maximum atomic E-state index is 11.8. The van der Waals surface area contributed by atoms with Crippen molar-refractivity contribution in [3.8, 4) is 0 Å². The fourth-order valence-electron chi connectivity index (χ4n) is 2.14. The quantitative estimate of drug-likeness (QED) is 0.686. The number of hydrogen-bond acceptors (Lipinski definition) is 4. The van der Waals surface area contributed by atoms with Gasteiger partial charge >= 0.3 is 0 Å². The lowest BCUT2D eigenvalue weighted by molar-refractivity contribution is -0.135. The minimum absolute atomic E-state index is 0.0980. The number of piperazine rings is 1. The van der Waals surface area contributed by atoms with Crippen LogP contribution in [-0.4, -0.2) is 55.2 Å². The molecule has 1 heterocycles. The number of carbonyl (C=O) groups excluding carboxylic acids is 1. The van der Waals surface area contributed by atoms with E-state index in [2.05, 4.69) is 10.2 Å². The number of ether oxygens (including phenoxy) is 1. The van der Waals surface area contributed by atoms with Gasteiger partial charge < -0.3 is 15.8 Å². The number of nitrogens with two attached hydrogens (primary N) is 1. The lowest BCUT2D eigenvalue weighted by atomic mass is 9.98. The molecule has 0 saturated carbocycles. The number of rotatable bonds is 6. The Morgan fingerprint density at radius 3 is 2.88 bits per heavy atom. The Balaban J connectivity index is 2.47. The van der Waals surface area contributed by atoms with Crippen LogP contribution in [0.2, 0.25) is 0 Å². The molecule has 1 unspecified atom stereocenters. The SMILES string of the molecule is CCOC(CN)CCN1CCNC(=O)C1(C)C. The second-order valence-corrected chi connectivity index (χ2v) is 4.90. The number of carbonyl (C=O) groups is 1. The van der Waals surface area contributed by atoms with Crippen molar-refractivity contribution in [1.29, 1.82) is 0 Å². The summed E-state index contributed by atoms with van der Waals surface area (Å²) in [5.74, 6) is 0.101. The Kier molecular flexibility index (Phi) is 5.36. The van der Waals surface area contributed by atoms with Crippen molar-refractivity contribution in [2.75, 3.05) is 32.8 Å². The summed E-state index contributed by atoms with van der Waals surface area (Å²) in [5.41, 5.74) is 5.22. The second-order valence-electron chi connectivity index (χ2n) is 4.90. The molecular formula is C12H25N3O2. The fraction of sp³-hybridized carbons (Fsp3) is 0.917. The van der Waals surface area contributed by atoms with Gasteiger partial charge in [-0.1, -0.05) is 0 Å². The fourth-order valence-corrected chi connectivity index (χ4v) is 2.14. The molecule has 0 radical (unpaired) electrons. The molecule has 5 nitrogen and oxygen atoms in total. The first-order valence-electron chi connectivity index (χ1n) is 6.37. The number of amides is 1. The molecule has 0 aromatic carbocycles. The average Bonchev–Trinajstić information content (AvgIpc) is 2.29. The van der Waals surface area contributed by atoms with Crippen LogP contribution in [0.15, 0.2) is 0 Å². The molecule has 1 aliphatic rings. The summed E-state index contributed by atoms with van der Waals surface area (Å²) in [7, 11) is 0. The van der Waals surface area contributed by atoms with Gasteiger partial charge in [0, 0.05) is 32.8 Å². The highest BCUT2D eigenvalue weighted by Gasteiger charge is 2.37. The zero-order valence-corrected chi connectivity index (χ0v) is 11.2. The van der Waals surface area contributed by atoms with E-state index in [0.717, 1.165) is 26.1 Å². The van der Waals surface area contributed by atoms with E-state index < -0.39 is 5.54 Å². The maximum absolute atomic E-state index is 11.8. The van der Waals surface area contributed by atoms with E-state index in [1.54, 1.807) is 0 Å². The summed E-state index contributed by atoms with van der Waals surface area (Å²) in [6, 6.07) is 0. The van der Waals surface area contributed by atoms with Gasteiger partial charge in [-0.15, -0.1) is 0 Å². The van der Waals surface area contributed by atoms with E-state index in [0.29, 0.717) is 13.2 Å². The lowest BCUT2D eigenvalue weighted by Crippen LogP contribution is -2.62. The zero-order valence-electron chi connectivity index (χ0n) is 11.2. The molecule has 0 bridgehead atoms. The predicted octanol–water partition coefficient (Wildman–Crippen LogP) is -0.0493. The second kappa shape index (κ2) is 6.33. The van der Waals surface area contributed by atoms with Crippen molar-refractivity contribution >= 4 is 5.91 Å². The summed E-state index contributed by atoms with van der Waals surface area (Å²) < 4.78 is 5.52. The van der Waals surface area contributed by atoms with Crippen LogP contribution in [0, 0.1) is 0 Å². The molecule has 1 amide bonds. The standard InChI is InChI=1S/C12H25N3O2/c1-4-17-10(9-13)5-7-15-8-6-14-11(16)12(15,2)3/h10H,4-9,13H2,1-3H3,(H,14,16). The van der Waals surface area contributed by atoms with Gasteiger partial charge in [-0.05, 0) is 27.2 Å².